The molecule has 2 amide bonds. The highest BCUT2D eigenvalue weighted by Gasteiger charge is 2.43. The SMILES string of the molecule is COCCn1ccc(NC(=O)C(CC2CCCC2)N2Cc3c(cccc3C(F)(F)F)C2=O)n1. The van der Waals surface area contributed by atoms with Crippen LogP contribution in [-0.4, -0.2) is 46.3 Å². The fraction of sp³-hybridized carbons (Fsp3) is 0.522. The molecule has 0 radical (unpaired) electrons. The van der Waals surface area contributed by atoms with Gasteiger partial charge in [-0.1, -0.05) is 31.7 Å². The molecule has 4 rings (SSSR count). The highest BCUT2D eigenvalue weighted by atomic mass is 19.4. The monoisotopic (exact) mass is 464 g/mol. The summed E-state index contributed by atoms with van der Waals surface area (Å²) >= 11 is 0. The molecule has 10 heteroatoms. The summed E-state index contributed by atoms with van der Waals surface area (Å²) in [7, 11) is 1.58. The van der Waals surface area contributed by atoms with Crippen LogP contribution in [0, 0.1) is 5.92 Å². The van der Waals surface area contributed by atoms with E-state index in [-0.39, 0.29) is 23.6 Å². The molecule has 178 valence electrons. The smallest absolute Gasteiger partial charge is 0.383 e. The number of halogens is 3. The lowest BCUT2D eigenvalue weighted by Gasteiger charge is -2.29. The third kappa shape index (κ3) is 5.05. The number of benzene rings is 1. The Balaban J connectivity index is 1.57. The molecule has 33 heavy (non-hydrogen) atoms. The van der Waals surface area contributed by atoms with E-state index in [0.717, 1.165) is 31.7 Å². The van der Waals surface area contributed by atoms with Crippen LogP contribution in [0.5, 0.6) is 0 Å². The molecule has 1 saturated carbocycles. The van der Waals surface area contributed by atoms with Gasteiger partial charge in [0, 0.05) is 31.5 Å². The van der Waals surface area contributed by atoms with Crippen molar-refractivity contribution in [3.8, 4) is 0 Å². The van der Waals surface area contributed by atoms with Gasteiger partial charge in [0.25, 0.3) is 5.91 Å². The zero-order chi connectivity index (χ0) is 23.6. The number of aromatic nitrogens is 2. The van der Waals surface area contributed by atoms with Crippen molar-refractivity contribution in [3.05, 3.63) is 47.2 Å². The lowest BCUT2D eigenvalue weighted by atomic mass is 9.96. The van der Waals surface area contributed by atoms with Gasteiger partial charge < -0.3 is 15.0 Å². The van der Waals surface area contributed by atoms with E-state index in [1.165, 1.54) is 17.0 Å². The Labute approximate surface area is 189 Å². The second-order valence-electron chi connectivity index (χ2n) is 8.61. The minimum Gasteiger partial charge on any atom is -0.383 e. The van der Waals surface area contributed by atoms with Crippen molar-refractivity contribution in [1.82, 2.24) is 14.7 Å². The molecule has 2 aromatic rings. The molecule has 1 aromatic carbocycles. The number of anilines is 1. The standard InChI is InChI=1S/C23H27F3N4O3/c1-33-12-11-29-10-9-20(28-29)27-21(31)19(13-15-5-2-3-6-15)30-14-17-16(22(30)32)7-4-8-18(17)23(24,25)26/h4,7-10,15,19H,2-3,5-6,11-14H2,1H3,(H,27,28,31). The van der Waals surface area contributed by atoms with Gasteiger partial charge in [-0.05, 0) is 30.0 Å². The Morgan fingerprint density at radius 1 is 1.27 bits per heavy atom. The van der Waals surface area contributed by atoms with Gasteiger partial charge in [0.15, 0.2) is 5.82 Å². The number of nitrogens with one attached hydrogen (secondary N) is 1. The Morgan fingerprint density at radius 2 is 2.03 bits per heavy atom. The zero-order valence-electron chi connectivity index (χ0n) is 18.4. The van der Waals surface area contributed by atoms with Crippen molar-refractivity contribution in [3.63, 3.8) is 0 Å². The van der Waals surface area contributed by atoms with Crippen LogP contribution in [-0.2, 0) is 28.8 Å². The summed E-state index contributed by atoms with van der Waals surface area (Å²) in [5.74, 6) is -0.403. The summed E-state index contributed by atoms with van der Waals surface area (Å²) in [6, 6.07) is 4.38. The normalized spacial score (nSPS) is 17.5. The maximum atomic E-state index is 13.5. The molecule has 1 aromatic heterocycles. The minimum atomic E-state index is -4.57. The number of methoxy groups -OCH3 is 1. The summed E-state index contributed by atoms with van der Waals surface area (Å²) in [5.41, 5.74) is -0.881. The third-order valence-corrected chi connectivity index (χ3v) is 6.43. The van der Waals surface area contributed by atoms with Crippen molar-refractivity contribution in [2.24, 2.45) is 5.92 Å². The van der Waals surface area contributed by atoms with Crippen LogP contribution in [0.25, 0.3) is 0 Å². The third-order valence-electron chi connectivity index (χ3n) is 6.43. The minimum absolute atomic E-state index is 0.0119. The average Bonchev–Trinajstić information content (AvgIpc) is 3.51. The molecule has 0 spiro atoms. The molecule has 1 atom stereocenters. The van der Waals surface area contributed by atoms with Crippen molar-refractivity contribution < 1.29 is 27.5 Å². The van der Waals surface area contributed by atoms with E-state index < -0.39 is 29.6 Å². The fourth-order valence-corrected chi connectivity index (χ4v) is 4.76. The number of carbonyl (C=O) groups excluding carboxylic acids is 2. The number of nitrogens with zero attached hydrogens (tertiary/aromatic N) is 3. The van der Waals surface area contributed by atoms with Gasteiger partial charge in [-0.25, -0.2) is 0 Å². The number of hydrogen-bond acceptors (Lipinski definition) is 4. The number of ether oxygens (including phenoxy) is 1. The highest BCUT2D eigenvalue weighted by molar-refractivity contribution is 6.03. The summed E-state index contributed by atoms with van der Waals surface area (Å²) in [6.45, 7) is 0.733. The predicted molar refractivity (Wildman–Crippen MR) is 114 cm³/mol. The average molecular weight is 464 g/mol. The molecule has 2 aliphatic rings. The number of hydrogen-bond donors (Lipinski definition) is 1. The maximum Gasteiger partial charge on any atom is 0.416 e. The highest BCUT2D eigenvalue weighted by Crippen LogP contribution is 2.39. The molecule has 1 aliphatic carbocycles. The van der Waals surface area contributed by atoms with E-state index in [2.05, 4.69) is 10.4 Å². The summed E-state index contributed by atoms with van der Waals surface area (Å²) in [4.78, 5) is 27.7. The molecule has 1 fully saturated rings. The first kappa shape index (κ1) is 23.3. The first-order valence-corrected chi connectivity index (χ1v) is 11.1. The van der Waals surface area contributed by atoms with E-state index in [9.17, 15) is 22.8 Å². The predicted octanol–water partition coefficient (Wildman–Crippen LogP) is 4.09. The van der Waals surface area contributed by atoms with Crippen LogP contribution in [0.4, 0.5) is 19.0 Å². The fourth-order valence-electron chi connectivity index (χ4n) is 4.76. The van der Waals surface area contributed by atoms with Gasteiger partial charge in [-0.15, -0.1) is 0 Å². The van der Waals surface area contributed by atoms with Crippen LogP contribution in [0.3, 0.4) is 0 Å². The number of rotatable bonds is 8. The van der Waals surface area contributed by atoms with E-state index in [4.69, 9.17) is 4.74 Å². The van der Waals surface area contributed by atoms with Gasteiger partial charge in [0.05, 0.1) is 18.7 Å². The lowest BCUT2D eigenvalue weighted by molar-refractivity contribution is -0.138. The molecule has 1 aliphatic heterocycles. The second-order valence-corrected chi connectivity index (χ2v) is 8.61. The van der Waals surface area contributed by atoms with E-state index in [0.29, 0.717) is 25.4 Å². The molecular formula is C23H27F3N4O3. The first-order chi connectivity index (χ1) is 15.8. The Hall–Kier alpha value is -2.88. The van der Waals surface area contributed by atoms with Crippen molar-refractivity contribution in [2.45, 2.75) is 57.4 Å². The number of alkyl halides is 3. The van der Waals surface area contributed by atoms with Crippen LogP contribution in [0.2, 0.25) is 0 Å². The first-order valence-electron chi connectivity index (χ1n) is 11.1. The lowest BCUT2D eigenvalue weighted by Crippen LogP contribution is -2.45. The molecule has 1 unspecified atom stereocenters. The number of fused-ring (bicyclic) bond motifs is 1. The van der Waals surface area contributed by atoms with Gasteiger partial charge in [-0.3, -0.25) is 14.3 Å². The van der Waals surface area contributed by atoms with E-state index >= 15 is 0 Å². The van der Waals surface area contributed by atoms with E-state index in [1.807, 2.05) is 0 Å². The molecule has 7 nitrogen and oxygen atoms in total. The van der Waals surface area contributed by atoms with Gasteiger partial charge in [0.2, 0.25) is 5.91 Å². The van der Waals surface area contributed by atoms with Crippen molar-refractivity contribution in [2.75, 3.05) is 19.0 Å². The largest absolute Gasteiger partial charge is 0.416 e. The van der Waals surface area contributed by atoms with Gasteiger partial charge in [-0.2, -0.15) is 18.3 Å². The molecule has 0 bridgehead atoms. The topological polar surface area (TPSA) is 76.5 Å². The van der Waals surface area contributed by atoms with Crippen LogP contribution in [0.1, 0.15) is 53.6 Å². The number of carbonyl (C=O) groups is 2. The van der Waals surface area contributed by atoms with Crippen LogP contribution < -0.4 is 5.32 Å². The summed E-state index contributed by atoms with van der Waals surface area (Å²) in [6.07, 6.45) is 1.53. The second kappa shape index (κ2) is 9.54. The summed E-state index contributed by atoms with van der Waals surface area (Å²) in [5, 5.41) is 7.04. The van der Waals surface area contributed by atoms with Crippen LogP contribution >= 0.6 is 0 Å². The maximum absolute atomic E-state index is 13.5. The number of amides is 2. The summed E-state index contributed by atoms with van der Waals surface area (Å²) < 4.78 is 47.2. The molecular weight excluding hydrogens is 437 g/mol. The Morgan fingerprint density at radius 3 is 2.73 bits per heavy atom. The Kier molecular flexibility index (Phi) is 6.73. The van der Waals surface area contributed by atoms with Crippen molar-refractivity contribution in [1.29, 1.82) is 0 Å². The van der Waals surface area contributed by atoms with E-state index in [1.54, 1.807) is 24.1 Å². The van der Waals surface area contributed by atoms with Crippen molar-refractivity contribution >= 4 is 17.6 Å². The Bertz CT molecular complexity index is 1010. The zero-order valence-corrected chi connectivity index (χ0v) is 18.4. The quantitative estimate of drug-likeness (QED) is 0.639. The van der Waals surface area contributed by atoms with Gasteiger partial charge in [0.1, 0.15) is 6.04 Å². The van der Waals surface area contributed by atoms with Crippen LogP contribution in [0.15, 0.2) is 30.5 Å². The molecule has 0 saturated heterocycles. The van der Waals surface area contributed by atoms with Gasteiger partial charge >= 0.3 is 6.18 Å². The molecule has 2 heterocycles. The molecule has 1 N–H and O–H groups in total.